The Hall–Kier alpha value is -2.84. The second-order valence-electron chi connectivity index (χ2n) is 6.86. The largest absolute Gasteiger partial charge is 0.324 e. The van der Waals surface area contributed by atoms with E-state index < -0.39 is 12.1 Å². The summed E-state index contributed by atoms with van der Waals surface area (Å²) in [6.07, 6.45) is -2.79. The van der Waals surface area contributed by atoms with Gasteiger partial charge in [0.1, 0.15) is 17.2 Å². The molecule has 0 radical (unpaired) electrons. The van der Waals surface area contributed by atoms with E-state index in [2.05, 4.69) is 21.5 Å². The van der Waals surface area contributed by atoms with Crippen LogP contribution in [0.3, 0.4) is 0 Å². The SMILES string of the molecule is Cc1ccc2nc(-c3ccc(NC(=O)Cn4nc(C(F)F)c(Cl)c4C)cc3)sc2c1. The Kier molecular flexibility index (Phi) is 5.53. The van der Waals surface area contributed by atoms with E-state index in [0.29, 0.717) is 11.4 Å². The van der Waals surface area contributed by atoms with Gasteiger partial charge in [0.2, 0.25) is 5.91 Å². The first kappa shape index (κ1) is 20.4. The summed E-state index contributed by atoms with van der Waals surface area (Å²) in [5, 5.41) is 7.26. The first-order chi connectivity index (χ1) is 14.3. The van der Waals surface area contributed by atoms with E-state index in [4.69, 9.17) is 11.6 Å². The van der Waals surface area contributed by atoms with Crippen molar-refractivity contribution in [1.29, 1.82) is 0 Å². The van der Waals surface area contributed by atoms with Gasteiger partial charge in [-0.15, -0.1) is 11.3 Å². The minimum absolute atomic E-state index is 0.117. The van der Waals surface area contributed by atoms with Crippen molar-refractivity contribution >= 4 is 44.7 Å². The Morgan fingerprint density at radius 1 is 1.20 bits per heavy atom. The van der Waals surface area contributed by atoms with Crippen LogP contribution in [-0.4, -0.2) is 20.7 Å². The highest BCUT2D eigenvalue weighted by atomic mass is 35.5. The third-order valence-electron chi connectivity index (χ3n) is 4.62. The van der Waals surface area contributed by atoms with Crippen LogP contribution < -0.4 is 5.32 Å². The number of carbonyl (C=O) groups excluding carboxylic acids is 1. The van der Waals surface area contributed by atoms with Gasteiger partial charge in [0, 0.05) is 11.3 Å². The molecule has 0 saturated heterocycles. The van der Waals surface area contributed by atoms with Gasteiger partial charge in [-0.3, -0.25) is 9.48 Å². The smallest absolute Gasteiger partial charge is 0.283 e. The number of fused-ring (bicyclic) bond motifs is 1. The third-order valence-corrected chi connectivity index (χ3v) is 6.15. The van der Waals surface area contributed by atoms with E-state index in [-0.39, 0.29) is 17.5 Å². The number of hydrogen-bond acceptors (Lipinski definition) is 4. The lowest BCUT2D eigenvalue weighted by atomic mass is 10.2. The van der Waals surface area contributed by atoms with Crippen LogP contribution in [-0.2, 0) is 11.3 Å². The first-order valence-electron chi connectivity index (χ1n) is 9.10. The van der Waals surface area contributed by atoms with Crippen molar-refractivity contribution in [3.63, 3.8) is 0 Å². The number of aryl methyl sites for hydroxylation is 1. The fraction of sp³-hybridized carbons (Fsp3) is 0.190. The van der Waals surface area contributed by atoms with Gasteiger partial charge in [0.15, 0.2) is 0 Å². The number of amides is 1. The molecule has 0 aliphatic heterocycles. The van der Waals surface area contributed by atoms with Crippen LogP contribution in [0.15, 0.2) is 42.5 Å². The fourth-order valence-corrected chi connectivity index (χ4v) is 4.32. The maximum Gasteiger partial charge on any atom is 0.283 e. The zero-order valence-corrected chi connectivity index (χ0v) is 17.7. The minimum Gasteiger partial charge on any atom is -0.324 e. The number of alkyl halides is 2. The summed E-state index contributed by atoms with van der Waals surface area (Å²) in [4.78, 5) is 17.0. The van der Waals surface area contributed by atoms with E-state index >= 15 is 0 Å². The molecule has 0 fully saturated rings. The molecule has 30 heavy (non-hydrogen) atoms. The van der Waals surface area contributed by atoms with Crippen LogP contribution >= 0.6 is 22.9 Å². The van der Waals surface area contributed by atoms with Gasteiger partial charge in [-0.05, 0) is 55.8 Å². The average molecular weight is 447 g/mol. The van der Waals surface area contributed by atoms with Crippen LogP contribution in [0.2, 0.25) is 5.02 Å². The highest BCUT2D eigenvalue weighted by molar-refractivity contribution is 7.21. The molecule has 2 aromatic heterocycles. The maximum absolute atomic E-state index is 12.9. The molecule has 0 aliphatic rings. The lowest BCUT2D eigenvalue weighted by Gasteiger charge is -2.07. The minimum atomic E-state index is -2.79. The summed E-state index contributed by atoms with van der Waals surface area (Å²) in [5.41, 5.74) is 3.48. The number of nitrogens with one attached hydrogen (secondary N) is 1. The number of hydrogen-bond donors (Lipinski definition) is 1. The molecule has 1 amide bonds. The van der Waals surface area contributed by atoms with E-state index in [1.54, 1.807) is 30.4 Å². The van der Waals surface area contributed by atoms with Gasteiger partial charge in [-0.1, -0.05) is 17.7 Å². The monoisotopic (exact) mass is 446 g/mol. The maximum atomic E-state index is 12.9. The van der Waals surface area contributed by atoms with Crippen LogP contribution in [0.5, 0.6) is 0 Å². The van der Waals surface area contributed by atoms with Crippen molar-refractivity contribution in [2.75, 3.05) is 5.32 Å². The summed E-state index contributed by atoms with van der Waals surface area (Å²) in [5.74, 6) is -0.388. The molecule has 9 heteroatoms. The van der Waals surface area contributed by atoms with Crippen molar-refractivity contribution in [2.24, 2.45) is 0 Å². The van der Waals surface area contributed by atoms with Gasteiger partial charge in [-0.25, -0.2) is 13.8 Å². The van der Waals surface area contributed by atoms with E-state index in [0.717, 1.165) is 20.8 Å². The molecule has 1 N–H and O–H groups in total. The molecule has 0 bridgehead atoms. The zero-order chi connectivity index (χ0) is 21.4. The highest BCUT2D eigenvalue weighted by Crippen LogP contribution is 2.31. The molecular weight excluding hydrogens is 430 g/mol. The summed E-state index contributed by atoms with van der Waals surface area (Å²) >= 11 is 7.48. The molecule has 4 rings (SSSR count). The predicted molar refractivity (Wildman–Crippen MR) is 115 cm³/mol. The van der Waals surface area contributed by atoms with Gasteiger partial charge in [0.05, 0.1) is 20.9 Å². The average Bonchev–Trinajstić information content (AvgIpc) is 3.24. The van der Waals surface area contributed by atoms with Crippen molar-refractivity contribution in [3.05, 3.63) is 64.4 Å². The molecule has 0 atom stereocenters. The third kappa shape index (κ3) is 4.06. The molecule has 0 saturated carbocycles. The Morgan fingerprint density at radius 2 is 1.93 bits per heavy atom. The lowest BCUT2D eigenvalue weighted by molar-refractivity contribution is -0.117. The number of anilines is 1. The zero-order valence-electron chi connectivity index (χ0n) is 16.1. The molecule has 0 unspecified atom stereocenters. The molecular formula is C21H17ClF2N4OS. The number of carbonyl (C=O) groups is 1. The lowest BCUT2D eigenvalue weighted by Crippen LogP contribution is -2.20. The molecule has 5 nitrogen and oxygen atoms in total. The van der Waals surface area contributed by atoms with Crippen molar-refractivity contribution in [3.8, 4) is 10.6 Å². The van der Waals surface area contributed by atoms with E-state index in [1.165, 1.54) is 10.2 Å². The van der Waals surface area contributed by atoms with Gasteiger partial charge in [-0.2, -0.15) is 5.10 Å². The second kappa shape index (κ2) is 8.12. The molecule has 0 spiro atoms. The van der Waals surface area contributed by atoms with Crippen LogP contribution in [0.1, 0.15) is 23.4 Å². The number of benzene rings is 2. The van der Waals surface area contributed by atoms with E-state index in [1.807, 2.05) is 31.2 Å². The summed E-state index contributed by atoms with van der Waals surface area (Å²) in [6.45, 7) is 3.38. The standard InChI is InChI=1S/C21H17ClF2N4OS/c1-11-3-8-15-16(9-11)30-21(26-15)13-4-6-14(7-5-13)25-17(29)10-28-12(2)18(22)19(27-28)20(23)24/h3-9,20H,10H2,1-2H3,(H,25,29). The number of thiazole rings is 1. The second-order valence-corrected chi connectivity index (χ2v) is 8.27. The van der Waals surface area contributed by atoms with Crippen molar-refractivity contribution < 1.29 is 13.6 Å². The van der Waals surface area contributed by atoms with Crippen LogP contribution in [0.25, 0.3) is 20.8 Å². The topological polar surface area (TPSA) is 59.8 Å². The summed E-state index contributed by atoms with van der Waals surface area (Å²) < 4.78 is 28.1. The van der Waals surface area contributed by atoms with Crippen molar-refractivity contribution in [2.45, 2.75) is 26.8 Å². The quantitative estimate of drug-likeness (QED) is 0.408. The van der Waals surface area contributed by atoms with Gasteiger partial charge in [0.25, 0.3) is 6.43 Å². The molecule has 2 heterocycles. The number of aromatic nitrogens is 3. The van der Waals surface area contributed by atoms with Gasteiger partial charge >= 0.3 is 0 Å². The normalized spacial score (nSPS) is 11.4. The predicted octanol–water partition coefficient (Wildman–Crippen LogP) is 6.01. The highest BCUT2D eigenvalue weighted by Gasteiger charge is 2.21. The Morgan fingerprint density at radius 3 is 2.60 bits per heavy atom. The Labute approximate surface area is 180 Å². The van der Waals surface area contributed by atoms with E-state index in [9.17, 15) is 13.6 Å². The Bertz CT molecular complexity index is 1230. The fourth-order valence-electron chi connectivity index (χ4n) is 3.03. The first-order valence-corrected chi connectivity index (χ1v) is 10.3. The summed E-state index contributed by atoms with van der Waals surface area (Å²) in [7, 11) is 0. The molecule has 2 aromatic carbocycles. The molecule has 154 valence electrons. The van der Waals surface area contributed by atoms with Crippen molar-refractivity contribution in [1.82, 2.24) is 14.8 Å². The van der Waals surface area contributed by atoms with Gasteiger partial charge < -0.3 is 5.32 Å². The van der Waals surface area contributed by atoms with Crippen LogP contribution in [0.4, 0.5) is 14.5 Å². The van der Waals surface area contributed by atoms with Crippen LogP contribution in [0, 0.1) is 13.8 Å². The number of nitrogens with zero attached hydrogens (tertiary/aromatic N) is 3. The molecule has 4 aromatic rings. The summed E-state index contributed by atoms with van der Waals surface area (Å²) in [6, 6.07) is 13.5. The molecule has 0 aliphatic carbocycles. The number of rotatable bonds is 5. The number of halogens is 3. The Balaban J connectivity index is 1.46.